The molecular weight excluding hydrogens is 248 g/mol. The lowest BCUT2D eigenvalue weighted by atomic mass is 10.1. The number of hydrogen-bond acceptors (Lipinski definition) is 3. The van der Waals surface area contributed by atoms with Gasteiger partial charge in [0.1, 0.15) is 5.65 Å². The van der Waals surface area contributed by atoms with Crippen LogP contribution in [0, 0.1) is 0 Å². The Labute approximate surface area is 118 Å². The molecule has 2 aromatic heterocycles. The fourth-order valence-corrected chi connectivity index (χ4v) is 2.50. The van der Waals surface area contributed by atoms with Crippen LogP contribution in [0.3, 0.4) is 0 Å². The Balaban J connectivity index is 2.19. The van der Waals surface area contributed by atoms with Crippen LogP contribution in [0.4, 0.5) is 0 Å². The molecule has 0 saturated carbocycles. The fourth-order valence-electron chi connectivity index (χ4n) is 2.50. The zero-order chi connectivity index (χ0) is 13.9. The Kier molecular flexibility index (Phi) is 3.48. The van der Waals surface area contributed by atoms with Gasteiger partial charge >= 0.3 is 0 Å². The summed E-state index contributed by atoms with van der Waals surface area (Å²) in [6.07, 6.45) is 3.73. The van der Waals surface area contributed by atoms with E-state index < -0.39 is 0 Å². The minimum Gasteiger partial charge on any atom is -0.346 e. The molecule has 1 aromatic carbocycles. The van der Waals surface area contributed by atoms with Crippen molar-refractivity contribution in [2.24, 2.45) is 5.73 Å². The molecule has 4 nitrogen and oxygen atoms in total. The van der Waals surface area contributed by atoms with Gasteiger partial charge < -0.3 is 10.7 Å². The molecule has 20 heavy (non-hydrogen) atoms. The predicted molar refractivity (Wildman–Crippen MR) is 81.5 cm³/mol. The topological polar surface area (TPSA) is 67.6 Å². The van der Waals surface area contributed by atoms with Crippen molar-refractivity contribution in [1.29, 1.82) is 0 Å². The second-order valence-electron chi connectivity index (χ2n) is 4.79. The molecule has 102 valence electrons. The Hall–Kier alpha value is -2.20. The molecule has 0 saturated heterocycles. The van der Waals surface area contributed by atoms with E-state index in [0.717, 1.165) is 41.0 Å². The standard InChI is InChI=1S/C16H18N4/c1-2-13-14-12(8-9-17)10-18-16(14)20-15(19-13)11-6-4-3-5-7-11/h3-7,10H,2,8-9,17H2,1H3,(H,18,19,20). The molecule has 0 amide bonds. The average molecular weight is 266 g/mol. The van der Waals surface area contributed by atoms with Crippen molar-refractivity contribution in [3.8, 4) is 11.4 Å². The number of nitrogens with zero attached hydrogens (tertiary/aromatic N) is 2. The smallest absolute Gasteiger partial charge is 0.161 e. The van der Waals surface area contributed by atoms with Crippen LogP contribution in [0.2, 0.25) is 0 Å². The van der Waals surface area contributed by atoms with Gasteiger partial charge in [-0.1, -0.05) is 37.3 Å². The molecule has 0 aliphatic heterocycles. The van der Waals surface area contributed by atoms with Crippen molar-refractivity contribution in [1.82, 2.24) is 15.0 Å². The van der Waals surface area contributed by atoms with Gasteiger partial charge in [0.05, 0.1) is 5.69 Å². The van der Waals surface area contributed by atoms with E-state index in [9.17, 15) is 0 Å². The van der Waals surface area contributed by atoms with Crippen molar-refractivity contribution < 1.29 is 0 Å². The molecule has 0 aliphatic rings. The second-order valence-corrected chi connectivity index (χ2v) is 4.79. The summed E-state index contributed by atoms with van der Waals surface area (Å²) in [7, 11) is 0. The van der Waals surface area contributed by atoms with Gasteiger partial charge in [-0.3, -0.25) is 0 Å². The predicted octanol–water partition coefficient (Wildman–Crippen LogP) is 2.69. The third-order valence-corrected chi connectivity index (χ3v) is 3.47. The minimum atomic E-state index is 0.635. The molecule has 2 heterocycles. The van der Waals surface area contributed by atoms with Crippen molar-refractivity contribution in [3.05, 3.63) is 47.8 Å². The highest BCUT2D eigenvalue weighted by Gasteiger charge is 2.12. The monoisotopic (exact) mass is 266 g/mol. The highest BCUT2D eigenvalue weighted by molar-refractivity contribution is 5.84. The molecule has 0 fully saturated rings. The molecule has 0 atom stereocenters. The average Bonchev–Trinajstić information content (AvgIpc) is 2.91. The van der Waals surface area contributed by atoms with Gasteiger partial charge in [0.2, 0.25) is 0 Å². The quantitative estimate of drug-likeness (QED) is 0.763. The lowest BCUT2D eigenvalue weighted by molar-refractivity contribution is 0.969. The molecule has 0 unspecified atom stereocenters. The van der Waals surface area contributed by atoms with Gasteiger partial charge in [-0.05, 0) is 24.9 Å². The summed E-state index contributed by atoms with van der Waals surface area (Å²) in [6.45, 7) is 2.76. The number of nitrogens with two attached hydrogens (primary N) is 1. The van der Waals surface area contributed by atoms with Crippen molar-refractivity contribution in [3.63, 3.8) is 0 Å². The summed E-state index contributed by atoms with van der Waals surface area (Å²) in [5.41, 5.74) is 9.90. The molecule has 0 radical (unpaired) electrons. The van der Waals surface area contributed by atoms with Crippen LogP contribution in [-0.2, 0) is 12.8 Å². The molecule has 0 bridgehead atoms. The number of benzene rings is 1. The Morgan fingerprint density at radius 3 is 2.65 bits per heavy atom. The molecule has 3 N–H and O–H groups in total. The van der Waals surface area contributed by atoms with E-state index in [0.29, 0.717) is 6.54 Å². The van der Waals surface area contributed by atoms with E-state index in [1.807, 2.05) is 36.5 Å². The summed E-state index contributed by atoms with van der Waals surface area (Å²) in [4.78, 5) is 12.6. The zero-order valence-corrected chi connectivity index (χ0v) is 11.6. The fraction of sp³-hybridized carbons (Fsp3) is 0.250. The van der Waals surface area contributed by atoms with Crippen LogP contribution in [-0.4, -0.2) is 21.5 Å². The second kappa shape index (κ2) is 5.43. The molecule has 3 rings (SSSR count). The van der Waals surface area contributed by atoms with Gasteiger partial charge in [-0.25, -0.2) is 9.97 Å². The van der Waals surface area contributed by atoms with Crippen LogP contribution < -0.4 is 5.73 Å². The van der Waals surface area contributed by atoms with Gasteiger partial charge in [0.25, 0.3) is 0 Å². The van der Waals surface area contributed by atoms with E-state index in [-0.39, 0.29) is 0 Å². The first-order chi connectivity index (χ1) is 9.83. The number of hydrogen-bond donors (Lipinski definition) is 2. The maximum atomic E-state index is 5.67. The SMILES string of the molecule is CCc1nc(-c2ccccc2)nc2[nH]cc(CCN)c12. The molecular formula is C16H18N4. The molecule has 0 aliphatic carbocycles. The number of nitrogens with one attached hydrogen (secondary N) is 1. The first-order valence-corrected chi connectivity index (χ1v) is 6.95. The maximum absolute atomic E-state index is 5.67. The molecule has 3 aromatic rings. The van der Waals surface area contributed by atoms with E-state index in [2.05, 4.69) is 16.9 Å². The Morgan fingerprint density at radius 1 is 1.15 bits per heavy atom. The summed E-state index contributed by atoms with van der Waals surface area (Å²) < 4.78 is 0. The van der Waals surface area contributed by atoms with Crippen molar-refractivity contribution in [2.75, 3.05) is 6.54 Å². The van der Waals surface area contributed by atoms with Crippen molar-refractivity contribution in [2.45, 2.75) is 19.8 Å². The van der Waals surface area contributed by atoms with Gasteiger partial charge in [0.15, 0.2) is 5.82 Å². The number of H-pyrrole nitrogens is 1. The van der Waals surface area contributed by atoms with E-state index in [1.165, 1.54) is 5.56 Å². The summed E-state index contributed by atoms with van der Waals surface area (Å²) in [6, 6.07) is 10.1. The van der Waals surface area contributed by atoms with Crippen LogP contribution in [0.15, 0.2) is 36.5 Å². The third kappa shape index (κ3) is 2.18. The van der Waals surface area contributed by atoms with E-state index >= 15 is 0 Å². The van der Waals surface area contributed by atoms with Crippen LogP contribution in [0.5, 0.6) is 0 Å². The van der Waals surface area contributed by atoms with Gasteiger partial charge in [0, 0.05) is 17.1 Å². The molecule has 4 heteroatoms. The van der Waals surface area contributed by atoms with Crippen LogP contribution >= 0.6 is 0 Å². The largest absolute Gasteiger partial charge is 0.346 e. The lowest BCUT2D eigenvalue weighted by Crippen LogP contribution is -2.03. The van der Waals surface area contributed by atoms with Crippen LogP contribution in [0.25, 0.3) is 22.4 Å². The zero-order valence-electron chi connectivity index (χ0n) is 11.6. The lowest BCUT2D eigenvalue weighted by Gasteiger charge is -2.06. The van der Waals surface area contributed by atoms with E-state index in [4.69, 9.17) is 10.7 Å². The first-order valence-electron chi connectivity index (χ1n) is 6.95. The number of aromatic amines is 1. The highest BCUT2D eigenvalue weighted by atomic mass is 15.0. The minimum absolute atomic E-state index is 0.635. The van der Waals surface area contributed by atoms with Gasteiger partial charge in [-0.15, -0.1) is 0 Å². The van der Waals surface area contributed by atoms with E-state index in [1.54, 1.807) is 0 Å². The number of aromatic nitrogens is 3. The normalized spacial score (nSPS) is 11.1. The highest BCUT2D eigenvalue weighted by Crippen LogP contribution is 2.24. The number of aryl methyl sites for hydroxylation is 1. The summed E-state index contributed by atoms with van der Waals surface area (Å²) in [5.74, 6) is 0.774. The molecule has 0 spiro atoms. The Morgan fingerprint density at radius 2 is 1.95 bits per heavy atom. The van der Waals surface area contributed by atoms with Crippen LogP contribution in [0.1, 0.15) is 18.2 Å². The first kappa shape index (κ1) is 12.8. The number of fused-ring (bicyclic) bond motifs is 1. The Bertz CT molecular complexity index is 716. The van der Waals surface area contributed by atoms with Gasteiger partial charge in [-0.2, -0.15) is 0 Å². The maximum Gasteiger partial charge on any atom is 0.161 e. The number of rotatable bonds is 4. The third-order valence-electron chi connectivity index (χ3n) is 3.47. The summed E-state index contributed by atoms with van der Waals surface area (Å²) >= 11 is 0. The van der Waals surface area contributed by atoms with Crippen molar-refractivity contribution >= 4 is 11.0 Å². The summed E-state index contributed by atoms with van der Waals surface area (Å²) in [5, 5.41) is 1.14.